The van der Waals surface area contributed by atoms with E-state index in [1.54, 1.807) is 37.3 Å². The summed E-state index contributed by atoms with van der Waals surface area (Å²) in [5, 5.41) is 0. The van der Waals surface area contributed by atoms with E-state index in [1.807, 2.05) is 0 Å². The first-order valence-electron chi connectivity index (χ1n) is 4.77. The fraction of sp³-hybridized carbons (Fsp3) is 0.250. The van der Waals surface area contributed by atoms with E-state index in [0.29, 0.717) is 11.1 Å². The fourth-order valence-electron chi connectivity index (χ4n) is 1.24. The van der Waals surface area contributed by atoms with Gasteiger partial charge in [-0.05, 0) is 17.7 Å². The highest BCUT2D eigenvalue weighted by molar-refractivity contribution is 6.16. The average molecular weight is 223 g/mol. The van der Waals surface area contributed by atoms with Gasteiger partial charge >= 0.3 is 5.97 Å². The Morgan fingerprint density at radius 2 is 1.88 bits per heavy atom. The Kier molecular flexibility index (Phi) is 4.05. The van der Waals surface area contributed by atoms with Crippen LogP contribution in [0.15, 0.2) is 30.5 Å². The first-order chi connectivity index (χ1) is 7.54. The molecule has 4 heteroatoms. The van der Waals surface area contributed by atoms with Gasteiger partial charge in [0.2, 0.25) is 0 Å². The van der Waals surface area contributed by atoms with Crippen LogP contribution in [0.5, 0.6) is 0 Å². The molecule has 0 aliphatic carbocycles. The van der Waals surface area contributed by atoms with E-state index in [0.717, 1.165) is 0 Å². The highest BCUT2D eigenvalue weighted by Crippen LogP contribution is 2.16. The van der Waals surface area contributed by atoms with E-state index in [-0.39, 0.29) is 5.82 Å². The molecule has 0 saturated heterocycles. The normalized spacial score (nSPS) is 11.1. The second-order valence-corrected chi connectivity index (χ2v) is 3.50. The second-order valence-electron chi connectivity index (χ2n) is 3.50. The molecule has 0 aromatic heterocycles. The number of hydrogen-bond donors (Lipinski definition) is 0. The van der Waals surface area contributed by atoms with Crippen molar-refractivity contribution in [2.24, 2.45) is 0 Å². The van der Waals surface area contributed by atoms with E-state index in [2.05, 4.69) is 4.74 Å². The quantitative estimate of drug-likeness (QED) is 0.579. The van der Waals surface area contributed by atoms with Crippen molar-refractivity contribution in [2.45, 2.75) is 0 Å². The van der Waals surface area contributed by atoms with Crippen molar-refractivity contribution < 1.29 is 13.9 Å². The number of halogens is 1. The summed E-state index contributed by atoms with van der Waals surface area (Å²) in [7, 11) is 4.91. The van der Waals surface area contributed by atoms with Gasteiger partial charge in [-0.1, -0.05) is 12.1 Å². The molecule has 16 heavy (non-hydrogen) atoms. The number of hydrogen-bond acceptors (Lipinski definition) is 3. The number of esters is 1. The van der Waals surface area contributed by atoms with Gasteiger partial charge < -0.3 is 9.64 Å². The number of benzene rings is 1. The third-order valence-corrected chi connectivity index (χ3v) is 1.95. The fourth-order valence-corrected chi connectivity index (χ4v) is 1.24. The van der Waals surface area contributed by atoms with E-state index < -0.39 is 5.97 Å². The van der Waals surface area contributed by atoms with Crippen LogP contribution in [0.2, 0.25) is 0 Å². The molecule has 86 valence electrons. The van der Waals surface area contributed by atoms with Gasteiger partial charge in [0, 0.05) is 20.3 Å². The van der Waals surface area contributed by atoms with Gasteiger partial charge in [-0.25, -0.2) is 9.18 Å². The molecule has 0 aliphatic heterocycles. The van der Waals surface area contributed by atoms with Crippen molar-refractivity contribution in [3.8, 4) is 0 Å². The molecule has 1 aromatic rings. The summed E-state index contributed by atoms with van der Waals surface area (Å²) >= 11 is 0. The predicted molar refractivity (Wildman–Crippen MR) is 60.1 cm³/mol. The van der Waals surface area contributed by atoms with Gasteiger partial charge in [0.25, 0.3) is 0 Å². The molecule has 0 saturated carbocycles. The Hall–Kier alpha value is -1.84. The maximum absolute atomic E-state index is 12.7. The van der Waals surface area contributed by atoms with Gasteiger partial charge in [0.15, 0.2) is 0 Å². The van der Waals surface area contributed by atoms with Crippen molar-refractivity contribution in [2.75, 3.05) is 21.2 Å². The topological polar surface area (TPSA) is 29.5 Å². The zero-order valence-electron chi connectivity index (χ0n) is 9.53. The van der Waals surface area contributed by atoms with Crippen LogP contribution >= 0.6 is 0 Å². The Balaban J connectivity index is 3.11. The highest BCUT2D eigenvalue weighted by atomic mass is 19.1. The Morgan fingerprint density at radius 1 is 1.31 bits per heavy atom. The summed E-state index contributed by atoms with van der Waals surface area (Å²) in [4.78, 5) is 13.3. The van der Waals surface area contributed by atoms with Crippen LogP contribution in [-0.2, 0) is 9.53 Å². The SMILES string of the molecule is COC(=O)/C(=C\N(C)C)c1ccc(F)cc1. The van der Waals surface area contributed by atoms with E-state index in [9.17, 15) is 9.18 Å². The first-order valence-corrected chi connectivity index (χ1v) is 4.77. The molecule has 1 rings (SSSR count). The van der Waals surface area contributed by atoms with Crippen LogP contribution in [0.1, 0.15) is 5.56 Å². The minimum Gasteiger partial charge on any atom is -0.465 e. The lowest BCUT2D eigenvalue weighted by Crippen LogP contribution is -2.10. The summed E-state index contributed by atoms with van der Waals surface area (Å²) in [5.41, 5.74) is 1.02. The van der Waals surface area contributed by atoms with Crippen LogP contribution in [0.3, 0.4) is 0 Å². The second kappa shape index (κ2) is 5.30. The molecule has 0 bridgehead atoms. The number of carbonyl (C=O) groups is 1. The molecule has 0 amide bonds. The van der Waals surface area contributed by atoms with Gasteiger partial charge in [0.1, 0.15) is 5.82 Å². The van der Waals surface area contributed by atoms with Crippen molar-refractivity contribution in [1.29, 1.82) is 0 Å². The minimum absolute atomic E-state index is 0.335. The lowest BCUT2D eigenvalue weighted by Gasteiger charge is -2.10. The summed E-state index contributed by atoms with van der Waals surface area (Å²) in [6.07, 6.45) is 1.64. The maximum Gasteiger partial charge on any atom is 0.339 e. The Bertz CT molecular complexity index is 396. The van der Waals surface area contributed by atoms with Crippen molar-refractivity contribution in [3.05, 3.63) is 41.8 Å². The zero-order valence-corrected chi connectivity index (χ0v) is 9.53. The molecule has 0 radical (unpaired) electrons. The lowest BCUT2D eigenvalue weighted by atomic mass is 10.1. The summed E-state index contributed by atoms with van der Waals surface area (Å²) in [6, 6.07) is 5.70. The average Bonchev–Trinajstić information content (AvgIpc) is 2.26. The molecule has 1 aromatic carbocycles. The van der Waals surface area contributed by atoms with Gasteiger partial charge in [-0.2, -0.15) is 0 Å². The van der Waals surface area contributed by atoms with Crippen molar-refractivity contribution >= 4 is 11.5 Å². The van der Waals surface area contributed by atoms with Gasteiger partial charge in [0.05, 0.1) is 12.7 Å². The molecule has 0 spiro atoms. The number of rotatable bonds is 3. The monoisotopic (exact) mass is 223 g/mol. The van der Waals surface area contributed by atoms with Crippen LogP contribution in [0.25, 0.3) is 5.57 Å². The molecular weight excluding hydrogens is 209 g/mol. The summed E-state index contributed by atoms with van der Waals surface area (Å²) < 4.78 is 17.4. The molecular formula is C12H14FNO2. The highest BCUT2D eigenvalue weighted by Gasteiger charge is 2.12. The smallest absolute Gasteiger partial charge is 0.339 e. The number of carbonyl (C=O) groups excluding carboxylic acids is 1. The number of nitrogens with zero attached hydrogens (tertiary/aromatic N) is 1. The molecule has 3 nitrogen and oxygen atoms in total. The van der Waals surface area contributed by atoms with E-state index >= 15 is 0 Å². The molecule has 0 heterocycles. The van der Waals surface area contributed by atoms with Crippen molar-refractivity contribution in [3.63, 3.8) is 0 Å². The molecule has 0 N–H and O–H groups in total. The number of ether oxygens (including phenoxy) is 1. The van der Waals surface area contributed by atoms with Gasteiger partial charge in [-0.3, -0.25) is 0 Å². The van der Waals surface area contributed by atoms with E-state index in [1.165, 1.54) is 19.2 Å². The minimum atomic E-state index is -0.444. The summed E-state index contributed by atoms with van der Waals surface area (Å²) in [5.74, 6) is -0.780. The van der Waals surface area contributed by atoms with Crippen LogP contribution in [-0.4, -0.2) is 32.1 Å². The third kappa shape index (κ3) is 3.08. The lowest BCUT2D eigenvalue weighted by molar-refractivity contribution is -0.133. The zero-order chi connectivity index (χ0) is 12.1. The molecule has 0 aliphatic rings. The van der Waals surface area contributed by atoms with Crippen LogP contribution in [0, 0.1) is 5.82 Å². The first kappa shape index (κ1) is 12.2. The molecule has 0 atom stereocenters. The van der Waals surface area contributed by atoms with Crippen molar-refractivity contribution in [1.82, 2.24) is 4.90 Å². The maximum atomic E-state index is 12.7. The number of methoxy groups -OCH3 is 1. The van der Waals surface area contributed by atoms with Crippen LogP contribution in [0.4, 0.5) is 4.39 Å². The van der Waals surface area contributed by atoms with Crippen LogP contribution < -0.4 is 0 Å². The Labute approximate surface area is 94.1 Å². The molecule has 0 unspecified atom stereocenters. The molecule has 0 fully saturated rings. The van der Waals surface area contributed by atoms with E-state index in [4.69, 9.17) is 0 Å². The standard InChI is InChI=1S/C12H14FNO2/c1-14(2)8-11(12(15)16-3)9-4-6-10(13)7-5-9/h4-8H,1-3H3/b11-8-. The predicted octanol–water partition coefficient (Wildman–Crippen LogP) is 1.90. The third-order valence-electron chi connectivity index (χ3n) is 1.95. The summed E-state index contributed by atoms with van der Waals surface area (Å²) in [6.45, 7) is 0. The van der Waals surface area contributed by atoms with Gasteiger partial charge in [-0.15, -0.1) is 0 Å². The largest absolute Gasteiger partial charge is 0.465 e. The Morgan fingerprint density at radius 3 is 2.31 bits per heavy atom.